The number of halogens is 3. The van der Waals surface area contributed by atoms with Crippen LogP contribution in [0, 0.1) is 5.82 Å². The summed E-state index contributed by atoms with van der Waals surface area (Å²) in [6, 6.07) is 12.8. The first-order valence-electron chi connectivity index (χ1n) is 6.44. The third-order valence-electron chi connectivity index (χ3n) is 3.30. The highest BCUT2D eigenvalue weighted by molar-refractivity contribution is 9.10. The summed E-state index contributed by atoms with van der Waals surface area (Å²) >= 11 is 9.65. The highest BCUT2D eigenvalue weighted by atomic mass is 79.9. The number of hydrogen-bond acceptors (Lipinski definition) is 1. The molecule has 2 aromatic carbocycles. The van der Waals surface area contributed by atoms with Crippen LogP contribution in [0.25, 0.3) is 0 Å². The minimum atomic E-state index is -0.315. The maximum atomic E-state index is 13.1. The molecule has 0 heterocycles. The lowest BCUT2D eigenvalue weighted by Gasteiger charge is -2.22. The van der Waals surface area contributed by atoms with E-state index in [0.717, 1.165) is 10.0 Å². The lowest BCUT2D eigenvalue weighted by molar-refractivity contribution is 0.493. The van der Waals surface area contributed by atoms with Gasteiger partial charge in [-0.15, -0.1) is 0 Å². The maximum Gasteiger partial charge on any atom is 0.124 e. The van der Waals surface area contributed by atoms with Crippen LogP contribution in [0.4, 0.5) is 4.39 Å². The fourth-order valence-electron chi connectivity index (χ4n) is 2.23. The van der Waals surface area contributed by atoms with Gasteiger partial charge in [0.15, 0.2) is 0 Å². The van der Waals surface area contributed by atoms with Crippen molar-refractivity contribution in [2.75, 3.05) is 0 Å². The topological polar surface area (TPSA) is 12.0 Å². The zero-order valence-corrected chi connectivity index (χ0v) is 13.7. The SMILES string of the molecule is CC(N[C@H](C)c1ccccc1Br)c1ccc(F)cc1Cl. The van der Waals surface area contributed by atoms with E-state index >= 15 is 0 Å². The number of hydrogen-bond donors (Lipinski definition) is 1. The molecule has 0 saturated carbocycles. The molecule has 2 atom stereocenters. The summed E-state index contributed by atoms with van der Waals surface area (Å²) in [6.45, 7) is 4.11. The smallest absolute Gasteiger partial charge is 0.124 e. The van der Waals surface area contributed by atoms with Crippen molar-refractivity contribution < 1.29 is 4.39 Å². The highest BCUT2D eigenvalue weighted by Gasteiger charge is 2.15. The molecule has 106 valence electrons. The van der Waals surface area contributed by atoms with Gasteiger partial charge in [-0.2, -0.15) is 0 Å². The number of nitrogens with one attached hydrogen (secondary N) is 1. The van der Waals surface area contributed by atoms with Gasteiger partial charge in [-0.1, -0.05) is 51.8 Å². The summed E-state index contributed by atoms with van der Waals surface area (Å²) in [7, 11) is 0. The molecular formula is C16H16BrClFN. The Labute approximate surface area is 132 Å². The van der Waals surface area contributed by atoms with Gasteiger partial charge in [-0.3, -0.25) is 0 Å². The molecule has 0 aliphatic carbocycles. The first-order valence-corrected chi connectivity index (χ1v) is 7.61. The minimum absolute atomic E-state index is 0.0326. The Morgan fingerprint density at radius 2 is 1.70 bits per heavy atom. The maximum absolute atomic E-state index is 13.1. The third kappa shape index (κ3) is 3.60. The molecule has 1 unspecified atom stereocenters. The van der Waals surface area contributed by atoms with Crippen molar-refractivity contribution >= 4 is 27.5 Å². The van der Waals surface area contributed by atoms with E-state index in [-0.39, 0.29) is 17.9 Å². The van der Waals surface area contributed by atoms with E-state index in [1.807, 2.05) is 25.1 Å². The molecule has 0 saturated heterocycles. The fraction of sp³-hybridized carbons (Fsp3) is 0.250. The van der Waals surface area contributed by atoms with E-state index in [1.165, 1.54) is 17.7 Å². The zero-order valence-electron chi connectivity index (χ0n) is 11.3. The summed E-state index contributed by atoms with van der Waals surface area (Å²) in [5, 5.41) is 3.93. The Morgan fingerprint density at radius 1 is 1.05 bits per heavy atom. The van der Waals surface area contributed by atoms with E-state index in [0.29, 0.717) is 5.02 Å². The van der Waals surface area contributed by atoms with E-state index in [9.17, 15) is 4.39 Å². The minimum Gasteiger partial charge on any atom is -0.304 e. The van der Waals surface area contributed by atoms with Gasteiger partial charge in [0.05, 0.1) is 0 Å². The second-order valence-corrected chi connectivity index (χ2v) is 6.06. The van der Waals surface area contributed by atoms with Crippen molar-refractivity contribution in [1.82, 2.24) is 5.32 Å². The van der Waals surface area contributed by atoms with Gasteiger partial charge in [-0.25, -0.2) is 4.39 Å². The molecule has 0 amide bonds. The summed E-state index contributed by atoms with van der Waals surface area (Å²) in [4.78, 5) is 0. The monoisotopic (exact) mass is 355 g/mol. The summed E-state index contributed by atoms with van der Waals surface area (Å²) < 4.78 is 14.1. The molecule has 0 bridgehead atoms. The van der Waals surface area contributed by atoms with Crippen LogP contribution in [-0.2, 0) is 0 Å². The molecule has 2 rings (SSSR count). The van der Waals surface area contributed by atoms with Gasteiger partial charge < -0.3 is 5.32 Å². The second-order valence-electron chi connectivity index (χ2n) is 4.80. The number of rotatable bonds is 4. The van der Waals surface area contributed by atoms with Crippen LogP contribution in [0.5, 0.6) is 0 Å². The summed E-state index contributed by atoms with van der Waals surface area (Å²) in [5.74, 6) is -0.315. The average Bonchev–Trinajstić information content (AvgIpc) is 2.38. The summed E-state index contributed by atoms with van der Waals surface area (Å²) in [5.41, 5.74) is 2.07. The van der Waals surface area contributed by atoms with Crippen LogP contribution in [0.2, 0.25) is 5.02 Å². The first kappa shape index (κ1) is 15.5. The third-order valence-corrected chi connectivity index (χ3v) is 4.35. The van der Waals surface area contributed by atoms with Crippen LogP contribution < -0.4 is 5.32 Å². The van der Waals surface area contributed by atoms with E-state index in [2.05, 4.69) is 34.2 Å². The molecule has 0 fully saturated rings. The van der Waals surface area contributed by atoms with Gasteiger partial charge in [0.2, 0.25) is 0 Å². The van der Waals surface area contributed by atoms with Gasteiger partial charge in [0.1, 0.15) is 5.82 Å². The zero-order chi connectivity index (χ0) is 14.7. The molecular weight excluding hydrogens is 341 g/mol. The van der Waals surface area contributed by atoms with Crippen molar-refractivity contribution in [3.63, 3.8) is 0 Å². The van der Waals surface area contributed by atoms with Gasteiger partial charge in [0, 0.05) is 21.6 Å². The molecule has 1 N–H and O–H groups in total. The first-order chi connectivity index (χ1) is 9.49. The molecule has 4 heteroatoms. The Hall–Kier alpha value is -0.900. The van der Waals surface area contributed by atoms with Gasteiger partial charge in [-0.05, 0) is 43.2 Å². The Bertz CT molecular complexity index is 603. The highest BCUT2D eigenvalue weighted by Crippen LogP contribution is 2.28. The van der Waals surface area contributed by atoms with Crippen molar-refractivity contribution in [1.29, 1.82) is 0 Å². The van der Waals surface area contributed by atoms with Crippen molar-refractivity contribution in [2.24, 2.45) is 0 Å². The molecule has 20 heavy (non-hydrogen) atoms. The van der Waals surface area contributed by atoms with Crippen LogP contribution in [0.3, 0.4) is 0 Å². The van der Waals surface area contributed by atoms with E-state index in [4.69, 9.17) is 11.6 Å². The molecule has 0 aliphatic rings. The van der Waals surface area contributed by atoms with Gasteiger partial charge in [0.25, 0.3) is 0 Å². The Morgan fingerprint density at radius 3 is 2.35 bits per heavy atom. The lowest BCUT2D eigenvalue weighted by Crippen LogP contribution is -2.23. The predicted molar refractivity (Wildman–Crippen MR) is 85.5 cm³/mol. The average molecular weight is 357 g/mol. The van der Waals surface area contributed by atoms with Crippen molar-refractivity contribution in [2.45, 2.75) is 25.9 Å². The van der Waals surface area contributed by atoms with E-state index in [1.54, 1.807) is 6.07 Å². The second kappa shape index (κ2) is 6.70. The molecule has 0 aromatic heterocycles. The molecule has 0 radical (unpaired) electrons. The quantitative estimate of drug-likeness (QED) is 0.746. The standard InChI is InChI=1S/C16H16BrClFN/c1-10(13-5-3-4-6-15(13)17)20-11(2)14-8-7-12(19)9-16(14)18/h3-11,20H,1-2H3/t10-,11?/m1/s1. The summed E-state index contributed by atoms with van der Waals surface area (Å²) in [6.07, 6.45) is 0. The van der Waals surface area contributed by atoms with Crippen molar-refractivity contribution in [3.05, 3.63) is 68.9 Å². The molecule has 0 aliphatic heterocycles. The molecule has 0 spiro atoms. The number of benzene rings is 2. The van der Waals surface area contributed by atoms with Crippen LogP contribution >= 0.6 is 27.5 Å². The van der Waals surface area contributed by atoms with Crippen LogP contribution in [-0.4, -0.2) is 0 Å². The largest absolute Gasteiger partial charge is 0.304 e. The van der Waals surface area contributed by atoms with Gasteiger partial charge >= 0.3 is 0 Å². The normalized spacial score (nSPS) is 14.1. The predicted octanol–water partition coefficient (Wildman–Crippen LogP) is 5.65. The van der Waals surface area contributed by atoms with E-state index < -0.39 is 0 Å². The fourth-order valence-corrected chi connectivity index (χ4v) is 3.19. The molecule has 2 aromatic rings. The van der Waals surface area contributed by atoms with Crippen LogP contribution in [0.15, 0.2) is 46.9 Å². The Kier molecular flexibility index (Phi) is 5.19. The lowest BCUT2D eigenvalue weighted by atomic mass is 10.0. The van der Waals surface area contributed by atoms with Crippen molar-refractivity contribution in [3.8, 4) is 0 Å². The molecule has 1 nitrogen and oxygen atoms in total. The van der Waals surface area contributed by atoms with Crippen LogP contribution in [0.1, 0.15) is 37.1 Å². The Balaban J connectivity index is 2.15.